The Labute approximate surface area is 205 Å². The number of aliphatic imine (C=N–C) groups is 1. The maximum atomic E-state index is 13.1. The van der Waals surface area contributed by atoms with Crippen molar-refractivity contribution in [2.45, 2.75) is 19.1 Å². The van der Waals surface area contributed by atoms with Crippen molar-refractivity contribution in [3.05, 3.63) is 64.7 Å². The van der Waals surface area contributed by atoms with Gasteiger partial charge in [0.05, 0.1) is 12.2 Å². The van der Waals surface area contributed by atoms with Gasteiger partial charge in [-0.15, -0.1) is 0 Å². The molecule has 4 rings (SSSR count). The average Bonchev–Trinajstić information content (AvgIpc) is 2.83. The molecule has 2 aromatic carbocycles. The molecule has 0 radical (unpaired) electrons. The quantitative estimate of drug-likeness (QED) is 0.501. The molecular weight excluding hydrogens is 485 g/mol. The third-order valence-electron chi connectivity index (χ3n) is 5.94. The van der Waals surface area contributed by atoms with E-state index in [0.717, 1.165) is 12.1 Å². The second-order valence-corrected chi connectivity index (χ2v) is 8.63. The zero-order chi connectivity index (χ0) is 25.2. The molecule has 0 bridgehead atoms. The molecule has 11 heteroatoms. The summed E-state index contributed by atoms with van der Waals surface area (Å²) >= 11 is 6.14. The fraction of sp³-hybridized carbons (Fsp3) is 0.375. The van der Waals surface area contributed by atoms with Crippen molar-refractivity contribution in [1.82, 2.24) is 10.2 Å². The second-order valence-electron chi connectivity index (χ2n) is 8.19. The number of hydrogen-bond acceptors (Lipinski definition) is 6. The summed E-state index contributed by atoms with van der Waals surface area (Å²) in [6.07, 6.45) is -4.41. The van der Waals surface area contributed by atoms with Crippen LogP contribution in [-0.4, -0.2) is 55.5 Å². The van der Waals surface area contributed by atoms with Crippen LogP contribution in [0.15, 0.2) is 53.5 Å². The molecule has 7 nitrogen and oxygen atoms in total. The lowest BCUT2D eigenvalue weighted by Gasteiger charge is -2.39. The predicted molar refractivity (Wildman–Crippen MR) is 125 cm³/mol. The van der Waals surface area contributed by atoms with Crippen LogP contribution in [-0.2, 0) is 20.5 Å². The minimum absolute atomic E-state index is 0.124. The molecule has 1 saturated heterocycles. The highest BCUT2D eigenvalue weighted by Crippen LogP contribution is 2.33. The highest BCUT2D eigenvalue weighted by molar-refractivity contribution is 6.30. The van der Waals surface area contributed by atoms with Gasteiger partial charge in [0.25, 0.3) is 0 Å². The van der Waals surface area contributed by atoms with E-state index in [2.05, 4.69) is 10.3 Å². The van der Waals surface area contributed by atoms with Crippen LogP contribution in [0.5, 0.6) is 0 Å². The van der Waals surface area contributed by atoms with E-state index in [4.69, 9.17) is 16.3 Å². The van der Waals surface area contributed by atoms with Gasteiger partial charge in [-0.2, -0.15) is 13.2 Å². The molecule has 35 heavy (non-hydrogen) atoms. The smallest absolute Gasteiger partial charge is 0.416 e. The number of piperazine rings is 1. The van der Waals surface area contributed by atoms with Crippen LogP contribution in [0, 0.1) is 5.92 Å². The van der Waals surface area contributed by atoms with Crippen LogP contribution in [0.4, 0.5) is 18.9 Å². The van der Waals surface area contributed by atoms with Gasteiger partial charge in [0.2, 0.25) is 11.9 Å². The van der Waals surface area contributed by atoms with E-state index in [1.54, 1.807) is 37.3 Å². The first-order chi connectivity index (χ1) is 16.7. The van der Waals surface area contributed by atoms with Gasteiger partial charge in [0.15, 0.2) is 5.92 Å². The van der Waals surface area contributed by atoms with E-state index in [1.165, 1.54) is 6.07 Å². The molecule has 2 aromatic rings. The third kappa shape index (κ3) is 5.53. The summed E-state index contributed by atoms with van der Waals surface area (Å²) in [6, 6.07) is 11.2. The number of esters is 1. The molecule has 1 N–H and O–H groups in total. The molecule has 0 saturated carbocycles. The van der Waals surface area contributed by atoms with Crippen molar-refractivity contribution in [3.8, 4) is 0 Å². The number of carbonyl (C=O) groups excluding carboxylic acids is 2. The SMILES string of the molecule is CCOC(=O)[C@@H]1C(=O)NC(N2CCN(c3cccc(C(F)(F)F)c3)CC2)=N[C@H]1c1cccc(Cl)c1. The van der Waals surface area contributed by atoms with Gasteiger partial charge >= 0.3 is 12.1 Å². The molecule has 1 amide bonds. The fourth-order valence-corrected chi connectivity index (χ4v) is 4.41. The number of nitrogens with zero attached hydrogens (tertiary/aromatic N) is 3. The Balaban J connectivity index is 1.54. The molecular formula is C24H24ClF3N4O3. The molecule has 0 aliphatic carbocycles. The summed E-state index contributed by atoms with van der Waals surface area (Å²) in [5.74, 6) is -2.06. The van der Waals surface area contributed by atoms with E-state index >= 15 is 0 Å². The number of rotatable bonds is 4. The van der Waals surface area contributed by atoms with Gasteiger partial charge in [-0.05, 0) is 42.8 Å². The normalized spacial score (nSPS) is 20.8. The monoisotopic (exact) mass is 508 g/mol. The van der Waals surface area contributed by atoms with Crippen molar-refractivity contribution in [3.63, 3.8) is 0 Å². The first-order valence-corrected chi connectivity index (χ1v) is 11.5. The number of anilines is 1. The first-order valence-electron chi connectivity index (χ1n) is 11.2. The van der Waals surface area contributed by atoms with Crippen LogP contribution in [0.25, 0.3) is 0 Å². The van der Waals surface area contributed by atoms with Gasteiger partial charge in [-0.1, -0.05) is 29.8 Å². The van der Waals surface area contributed by atoms with E-state index < -0.39 is 35.6 Å². The standard InChI is InChI=1S/C24H24ClF3N4O3/c1-2-35-22(34)19-20(15-5-3-7-17(25)13-15)29-23(30-21(19)33)32-11-9-31(10-12-32)18-8-4-6-16(14-18)24(26,27)28/h3-8,13-14,19-20H,2,9-12H2,1H3,(H,29,30,33)/t19-,20-/m0/s1. The van der Waals surface area contributed by atoms with E-state index in [9.17, 15) is 22.8 Å². The maximum Gasteiger partial charge on any atom is 0.416 e. The Bertz CT molecular complexity index is 1130. The fourth-order valence-electron chi connectivity index (χ4n) is 4.21. The molecule has 2 heterocycles. The van der Waals surface area contributed by atoms with Crippen LogP contribution in [0.3, 0.4) is 0 Å². The van der Waals surface area contributed by atoms with E-state index in [1.807, 2.05) is 9.80 Å². The topological polar surface area (TPSA) is 74.2 Å². The molecule has 186 valence electrons. The number of benzene rings is 2. The van der Waals surface area contributed by atoms with Gasteiger partial charge in [-0.3, -0.25) is 14.9 Å². The molecule has 0 aromatic heterocycles. The number of hydrogen-bond donors (Lipinski definition) is 1. The summed E-state index contributed by atoms with van der Waals surface area (Å²) in [4.78, 5) is 33.9. The number of alkyl halides is 3. The van der Waals surface area contributed by atoms with Crippen molar-refractivity contribution < 1.29 is 27.5 Å². The van der Waals surface area contributed by atoms with E-state index in [-0.39, 0.29) is 6.61 Å². The largest absolute Gasteiger partial charge is 0.465 e. The first kappa shape index (κ1) is 24.8. The predicted octanol–water partition coefficient (Wildman–Crippen LogP) is 3.89. The molecule has 1 fully saturated rings. The summed E-state index contributed by atoms with van der Waals surface area (Å²) in [5.41, 5.74) is 0.384. The zero-order valence-electron chi connectivity index (χ0n) is 18.9. The second kappa shape index (κ2) is 10.2. The summed E-state index contributed by atoms with van der Waals surface area (Å²) < 4.78 is 44.4. The van der Waals surface area contributed by atoms with Crippen LogP contribution in [0.2, 0.25) is 5.02 Å². The van der Waals surface area contributed by atoms with Crippen LogP contribution in [0.1, 0.15) is 24.1 Å². The minimum atomic E-state index is -4.41. The number of guanidine groups is 1. The lowest BCUT2D eigenvalue weighted by Crippen LogP contribution is -2.57. The molecule has 0 spiro atoms. The number of amides is 1. The van der Waals surface area contributed by atoms with Crippen LogP contribution >= 0.6 is 11.6 Å². The number of halogens is 4. The Morgan fingerprint density at radius 3 is 2.46 bits per heavy atom. The van der Waals surface area contributed by atoms with Crippen LogP contribution < -0.4 is 10.2 Å². The third-order valence-corrected chi connectivity index (χ3v) is 6.18. The Morgan fingerprint density at radius 2 is 1.80 bits per heavy atom. The van der Waals surface area contributed by atoms with Gasteiger partial charge < -0.3 is 14.5 Å². The van der Waals surface area contributed by atoms with Gasteiger partial charge in [0.1, 0.15) is 6.04 Å². The molecule has 2 atom stereocenters. The summed E-state index contributed by atoms with van der Waals surface area (Å²) in [6.45, 7) is 3.48. The molecule has 2 aliphatic rings. The molecule has 0 unspecified atom stereocenters. The molecule has 2 aliphatic heterocycles. The lowest BCUT2D eigenvalue weighted by atomic mass is 9.91. The van der Waals surface area contributed by atoms with Gasteiger partial charge in [-0.25, -0.2) is 4.99 Å². The van der Waals surface area contributed by atoms with Crippen molar-refractivity contribution in [2.75, 3.05) is 37.7 Å². The highest BCUT2D eigenvalue weighted by atomic mass is 35.5. The average molecular weight is 509 g/mol. The van der Waals surface area contributed by atoms with Crippen molar-refractivity contribution in [2.24, 2.45) is 10.9 Å². The maximum absolute atomic E-state index is 13.1. The summed E-state index contributed by atoms with van der Waals surface area (Å²) in [7, 11) is 0. The highest BCUT2D eigenvalue weighted by Gasteiger charge is 2.42. The minimum Gasteiger partial charge on any atom is -0.465 e. The Kier molecular flexibility index (Phi) is 7.20. The van der Waals surface area contributed by atoms with Gasteiger partial charge in [0, 0.05) is 36.9 Å². The zero-order valence-corrected chi connectivity index (χ0v) is 19.6. The summed E-state index contributed by atoms with van der Waals surface area (Å²) in [5, 5.41) is 3.16. The number of ether oxygens (including phenoxy) is 1. The van der Waals surface area contributed by atoms with E-state index in [0.29, 0.717) is 48.4 Å². The Morgan fingerprint density at radius 1 is 1.11 bits per heavy atom. The van der Waals surface area contributed by atoms with Crippen molar-refractivity contribution in [1.29, 1.82) is 0 Å². The number of carbonyl (C=O) groups is 2. The number of nitrogens with one attached hydrogen (secondary N) is 1. The Hall–Kier alpha value is -3.27. The lowest BCUT2D eigenvalue weighted by molar-refractivity contribution is -0.153. The van der Waals surface area contributed by atoms with Crippen molar-refractivity contribution >= 4 is 35.1 Å².